The van der Waals surface area contributed by atoms with Crippen LogP contribution in [-0.4, -0.2) is 53.0 Å². The molecule has 0 saturated carbocycles. The average Bonchev–Trinajstić information content (AvgIpc) is 3.50. The van der Waals surface area contributed by atoms with Crippen molar-refractivity contribution in [3.63, 3.8) is 0 Å². The third-order valence-electron chi connectivity index (χ3n) is 8.49. The molecule has 4 aromatic carbocycles. The molecule has 0 spiro atoms. The van der Waals surface area contributed by atoms with Gasteiger partial charge in [0, 0.05) is 44.7 Å². The van der Waals surface area contributed by atoms with Crippen molar-refractivity contribution >= 4 is 6.03 Å². The molecule has 0 aliphatic carbocycles. The third-order valence-corrected chi connectivity index (χ3v) is 8.49. The topological polar surface area (TPSA) is 103 Å². The number of carbonyl (C=O) groups excluding carboxylic acids is 1. The van der Waals surface area contributed by atoms with Crippen LogP contribution in [0.25, 0.3) is 11.1 Å². The summed E-state index contributed by atoms with van der Waals surface area (Å²) in [6, 6.07) is 33.9. The van der Waals surface area contributed by atoms with Gasteiger partial charge in [0.15, 0.2) is 6.29 Å². The Morgan fingerprint density at radius 3 is 2.22 bits per heavy atom. The molecule has 8 nitrogen and oxygen atoms in total. The smallest absolute Gasteiger partial charge is 0.315 e. The number of likely N-dealkylation sites (tertiary alicyclic amines) is 1. The zero-order chi connectivity index (χ0) is 31.0. The first-order valence-corrected chi connectivity index (χ1v) is 15.7. The number of hydrogen-bond acceptors (Lipinski definition) is 6. The molecule has 6 rings (SSSR count). The second-order valence-corrected chi connectivity index (χ2v) is 11.9. The molecule has 0 radical (unpaired) electrons. The highest BCUT2D eigenvalue weighted by Gasteiger charge is 2.34. The Hall–Kier alpha value is -4.05. The average molecular weight is 608 g/mol. The number of aliphatic hydroxyl groups is 2. The van der Waals surface area contributed by atoms with E-state index in [0.717, 1.165) is 58.5 Å². The van der Waals surface area contributed by atoms with Crippen molar-refractivity contribution < 1.29 is 24.5 Å². The molecule has 234 valence electrons. The van der Waals surface area contributed by atoms with E-state index in [9.17, 15) is 15.0 Å². The van der Waals surface area contributed by atoms with Crippen molar-refractivity contribution in [2.75, 3.05) is 19.6 Å². The van der Waals surface area contributed by atoms with Crippen molar-refractivity contribution in [3.8, 4) is 11.1 Å². The van der Waals surface area contributed by atoms with Crippen LogP contribution in [-0.2, 0) is 29.2 Å². The van der Waals surface area contributed by atoms with Crippen molar-refractivity contribution in [2.24, 2.45) is 0 Å². The summed E-state index contributed by atoms with van der Waals surface area (Å²) >= 11 is 0. The highest BCUT2D eigenvalue weighted by atomic mass is 16.7. The first kappa shape index (κ1) is 31.0. The van der Waals surface area contributed by atoms with E-state index in [-0.39, 0.29) is 30.9 Å². The molecule has 4 N–H and O–H groups in total. The molecule has 4 atom stereocenters. The highest BCUT2D eigenvalue weighted by molar-refractivity contribution is 5.74. The van der Waals surface area contributed by atoms with Crippen molar-refractivity contribution in [3.05, 3.63) is 131 Å². The van der Waals surface area contributed by atoms with E-state index in [2.05, 4.69) is 39.8 Å². The van der Waals surface area contributed by atoms with Crippen molar-refractivity contribution in [1.29, 1.82) is 0 Å². The van der Waals surface area contributed by atoms with Crippen LogP contribution in [0.15, 0.2) is 103 Å². The zero-order valence-electron chi connectivity index (χ0n) is 25.3. The van der Waals surface area contributed by atoms with Gasteiger partial charge in [0.1, 0.15) is 0 Å². The first-order chi connectivity index (χ1) is 22.0. The number of nitrogens with one attached hydrogen (secondary N) is 2. The molecular formula is C37H41N3O5. The minimum absolute atomic E-state index is 0.00294. The Bertz CT molecular complexity index is 1550. The number of amides is 2. The summed E-state index contributed by atoms with van der Waals surface area (Å²) in [7, 11) is 0. The number of benzene rings is 4. The molecule has 0 bridgehead atoms. The van der Waals surface area contributed by atoms with Gasteiger partial charge in [0.05, 0.1) is 24.9 Å². The Labute approximate surface area is 264 Å². The zero-order valence-corrected chi connectivity index (χ0v) is 25.3. The summed E-state index contributed by atoms with van der Waals surface area (Å²) in [5.41, 5.74) is 6.96. The Balaban J connectivity index is 1.14. The van der Waals surface area contributed by atoms with Gasteiger partial charge in [-0.1, -0.05) is 91.0 Å². The molecule has 2 aliphatic rings. The van der Waals surface area contributed by atoms with Gasteiger partial charge in [0.25, 0.3) is 0 Å². The number of rotatable bonds is 10. The summed E-state index contributed by atoms with van der Waals surface area (Å²) in [4.78, 5) is 14.7. The summed E-state index contributed by atoms with van der Waals surface area (Å²) in [6.45, 7) is 3.14. The fourth-order valence-electron chi connectivity index (χ4n) is 6.05. The lowest BCUT2D eigenvalue weighted by Gasteiger charge is -2.38. The lowest BCUT2D eigenvalue weighted by Crippen LogP contribution is -2.38. The molecule has 2 aliphatic heterocycles. The number of hydrogen-bond donors (Lipinski definition) is 4. The van der Waals surface area contributed by atoms with Crippen LogP contribution in [0.2, 0.25) is 0 Å². The van der Waals surface area contributed by atoms with Crippen molar-refractivity contribution in [2.45, 2.75) is 57.1 Å². The number of β-amino-alcohol motifs (C(OH)–C–C–N with tert-alkyl or cyclic N) is 1. The van der Waals surface area contributed by atoms with Gasteiger partial charge >= 0.3 is 6.03 Å². The Morgan fingerprint density at radius 1 is 0.778 bits per heavy atom. The second-order valence-electron chi connectivity index (χ2n) is 11.9. The molecule has 2 amide bonds. The minimum Gasteiger partial charge on any atom is -0.392 e. The van der Waals surface area contributed by atoms with Gasteiger partial charge in [-0.3, -0.25) is 4.90 Å². The van der Waals surface area contributed by atoms with E-state index in [1.807, 2.05) is 78.9 Å². The Kier molecular flexibility index (Phi) is 10.2. The van der Waals surface area contributed by atoms with Gasteiger partial charge in [-0.2, -0.15) is 0 Å². The van der Waals surface area contributed by atoms with E-state index >= 15 is 0 Å². The van der Waals surface area contributed by atoms with Gasteiger partial charge in [-0.25, -0.2) is 4.79 Å². The minimum atomic E-state index is -0.558. The van der Waals surface area contributed by atoms with Gasteiger partial charge in [-0.05, 0) is 51.9 Å². The number of urea groups is 1. The lowest BCUT2D eigenvalue weighted by atomic mass is 9.98. The SMILES string of the molecule is O=C(NCc1ccccc1)NCc1cccc(-c2cccc(C3OC(CN4CCC(O)C4)CC(c4ccc(CO)cc4)O3)c2)c1. The molecule has 45 heavy (non-hydrogen) atoms. The maximum absolute atomic E-state index is 12.4. The summed E-state index contributed by atoms with van der Waals surface area (Å²) in [6.07, 6.45) is 0.414. The summed E-state index contributed by atoms with van der Waals surface area (Å²) in [5.74, 6) is 0. The van der Waals surface area contributed by atoms with Gasteiger partial charge in [0.2, 0.25) is 0 Å². The molecule has 2 saturated heterocycles. The van der Waals surface area contributed by atoms with Crippen LogP contribution < -0.4 is 10.6 Å². The fourth-order valence-corrected chi connectivity index (χ4v) is 6.05. The quantitative estimate of drug-likeness (QED) is 0.191. The van der Waals surface area contributed by atoms with Crippen LogP contribution >= 0.6 is 0 Å². The normalized spacial score (nSPS) is 21.8. The van der Waals surface area contributed by atoms with Gasteiger partial charge < -0.3 is 30.3 Å². The molecule has 0 aromatic heterocycles. The van der Waals surface area contributed by atoms with Gasteiger partial charge in [-0.15, -0.1) is 0 Å². The largest absolute Gasteiger partial charge is 0.392 e. The predicted molar refractivity (Wildman–Crippen MR) is 173 cm³/mol. The maximum Gasteiger partial charge on any atom is 0.315 e. The second kappa shape index (κ2) is 14.8. The van der Waals surface area contributed by atoms with Crippen LogP contribution in [0.3, 0.4) is 0 Å². The summed E-state index contributed by atoms with van der Waals surface area (Å²) in [5, 5.41) is 25.4. The predicted octanol–water partition coefficient (Wildman–Crippen LogP) is 5.46. The number of nitrogens with zero attached hydrogens (tertiary/aromatic N) is 1. The fraction of sp³-hybridized carbons (Fsp3) is 0.324. The number of aliphatic hydroxyl groups excluding tert-OH is 2. The number of carbonyl (C=O) groups is 1. The summed E-state index contributed by atoms with van der Waals surface area (Å²) < 4.78 is 13.1. The highest BCUT2D eigenvalue weighted by Crippen LogP contribution is 2.39. The molecule has 2 fully saturated rings. The monoisotopic (exact) mass is 607 g/mol. The molecule has 4 aromatic rings. The molecular weight excluding hydrogens is 566 g/mol. The molecule has 2 heterocycles. The van der Waals surface area contributed by atoms with Crippen LogP contribution in [0.1, 0.15) is 53.1 Å². The third kappa shape index (κ3) is 8.36. The lowest BCUT2D eigenvalue weighted by molar-refractivity contribution is -0.252. The van der Waals surface area contributed by atoms with E-state index in [1.165, 1.54) is 0 Å². The molecule has 4 unspecified atom stereocenters. The van der Waals surface area contributed by atoms with Crippen molar-refractivity contribution in [1.82, 2.24) is 15.5 Å². The standard InChI is InChI=1S/C37H41N3O5/c41-25-27-12-14-29(15-13-27)35-20-34(24-40-17-16-33(42)23-40)44-36(45-35)32-11-5-10-31(19-32)30-9-4-8-28(18-30)22-39-37(43)38-21-26-6-2-1-3-7-26/h1-15,18-19,33-36,41-42H,16-17,20-25H2,(H2,38,39,43). The number of ether oxygens (including phenoxy) is 2. The van der Waals surface area contributed by atoms with Crippen LogP contribution in [0.4, 0.5) is 4.79 Å². The maximum atomic E-state index is 12.4. The van der Waals surface area contributed by atoms with E-state index < -0.39 is 6.29 Å². The first-order valence-electron chi connectivity index (χ1n) is 15.7. The Morgan fingerprint density at radius 2 is 1.49 bits per heavy atom. The van der Waals surface area contributed by atoms with E-state index in [0.29, 0.717) is 26.1 Å². The van der Waals surface area contributed by atoms with E-state index in [4.69, 9.17) is 9.47 Å². The van der Waals surface area contributed by atoms with Crippen LogP contribution in [0, 0.1) is 0 Å². The van der Waals surface area contributed by atoms with E-state index in [1.54, 1.807) is 0 Å². The molecule has 8 heteroatoms. The van der Waals surface area contributed by atoms with Crippen LogP contribution in [0.5, 0.6) is 0 Å².